The Morgan fingerprint density at radius 1 is 0.948 bits per heavy atom. The maximum atomic E-state index is 15.3. The van der Waals surface area contributed by atoms with Crippen LogP contribution in [0, 0.1) is 23.2 Å². The van der Waals surface area contributed by atoms with Gasteiger partial charge in [0.25, 0.3) is 5.91 Å². The van der Waals surface area contributed by atoms with Crippen LogP contribution in [0.1, 0.15) is 120 Å². The summed E-state index contributed by atoms with van der Waals surface area (Å²) in [5.41, 5.74) is 10.8. The molecule has 416 valence electrons. The second kappa shape index (κ2) is 22.5. The molecule has 1 aromatic carbocycles. The predicted octanol–water partition coefficient (Wildman–Crippen LogP) is 7.32. The second-order valence-corrected chi connectivity index (χ2v) is 25.1. The molecular formula is C59H81N9O8S. The molecule has 9 heterocycles. The van der Waals surface area contributed by atoms with E-state index in [-0.39, 0.29) is 54.5 Å². The zero-order chi connectivity index (χ0) is 53.0. The Kier molecular flexibility index (Phi) is 15.6. The Hall–Kier alpha value is -4.53. The highest BCUT2D eigenvalue weighted by Crippen LogP contribution is 2.52. The fourth-order valence-corrected chi connectivity index (χ4v) is 14.7. The van der Waals surface area contributed by atoms with Crippen LogP contribution >= 0.6 is 11.3 Å². The van der Waals surface area contributed by atoms with Crippen LogP contribution in [0.4, 0.5) is 5.69 Å². The highest BCUT2D eigenvalue weighted by molar-refractivity contribution is 7.10. The van der Waals surface area contributed by atoms with Crippen LogP contribution in [-0.2, 0) is 51.0 Å². The van der Waals surface area contributed by atoms with Gasteiger partial charge in [-0.15, -0.1) is 11.3 Å². The number of amides is 2. The van der Waals surface area contributed by atoms with Crippen molar-refractivity contribution in [3.63, 3.8) is 0 Å². The summed E-state index contributed by atoms with van der Waals surface area (Å²) >= 11 is 1.55. The van der Waals surface area contributed by atoms with E-state index >= 15 is 4.79 Å². The Balaban J connectivity index is 0.986. The Morgan fingerprint density at radius 3 is 2.51 bits per heavy atom. The Morgan fingerprint density at radius 2 is 1.75 bits per heavy atom. The van der Waals surface area contributed by atoms with E-state index in [9.17, 15) is 9.59 Å². The standard InChI is InChI=1S/C59H81N9O8S/c1-36-49(48-11-9-26-75-48)50(36)55(69)62-52-54(66-18-6-7-19-66)56-61-46(34-77-56)38-12-15-47-42(30-38)44(32-59(3,4)35-76-58(71)45-10-8-20-68(63-45)57(52)70)53(67(47)25-29-74-41-16-27-73-28-17-41)43-31-40(33-60-51(43)37(2)72-5)65-23-21-64(22-24-65)39-13-14-39/h12,15,30-31,33-34,36-37,39,41,45,48-50,52,54,63H,6-11,13-14,16-29,32,35H2,1-5H3,(H,62,69)/t36-,37-,45-,48+,49-,50+,52-,54-/m0/s1. The molecular weight excluding hydrogens is 995 g/mol. The zero-order valence-corrected chi connectivity index (χ0v) is 46.8. The lowest BCUT2D eigenvalue weighted by Crippen LogP contribution is -2.62. The topological polar surface area (TPSA) is 165 Å². The lowest BCUT2D eigenvalue weighted by atomic mass is 9.84. The number of ether oxygens (including phenoxy) is 5. The number of piperazine rings is 1. The number of likely N-dealkylation sites (tertiary alicyclic amines) is 1. The molecule has 8 aliphatic rings. The van der Waals surface area contributed by atoms with E-state index in [2.05, 4.69) is 87.3 Å². The van der Waals surface area contributed by atoms with Gasteiger partial charge in [-0.2, -0.15) is 0 Å². The molecule has 3 aromatic heterocycles. The summed E-state index contributed by atoms with van der Waals surface area (Å²) in [6.07, 6.45) is 11.9. The van der Waals surface area contributed by atoms with Crippen LogP contribution in [0.3, 0.4) is 0 Å². The number of hydrogen-bond donors (Lipinski definition) is 2. The number of pyridine rings is 1. The zero-order valence-electron chi connectivity index (χ0n) is 46.0. The Labute approximate surface area is 458 Å². The van der Waals surface area contributed by atoms with Gasteiger partial charge in [-0.1, -0.05) is 26.8 Å². The minimum absolute atomic E-state index is 0.0602. The monoisotopic (exact) mass is 1080 g/mol. The molecule has 18 heteroatoms. The molecule has 2 amide bonds. The molecule has 0 spiro atoms. The van der Waals surface area contributed by atoms with Gasteiger partial charge in [0, 0.05) is 117 Å². The molecule has 5 saturated heterocycles. The minimum atomic E-state index is -0.957. The van der Waals surface area contributed by atoms with Crippen molar-refractivity contribution >= 4 is 45.7 Å². The predicted molar refractivity (Wildman–Crippen MR) is 295 cm³/mol. The van der Waals surface area contributed by atoms with Crippen LogP contribution in [0.25, 0.3) is 33.4 Å². The van der Waals surface area contributed by atoms with Crippen LogP contribution in [0.15, 0.2) is 35.8 Å². The highest BCUT2D eigenvalue weighted by Gasteiger charge is 2.57. The van der Waals surface area contributed by atoms with E-state index < -0.39 is 29.5 Å². The van der Waals surface area contributed by atoms with Gasteiger partial charge in [-0.25, -0.2) is 10.4 Å². The third-order valence-electron chi connectivity index (χ3n) is 18.3. The number of carbonyl (C=O) groups is 3. The SMILES string of the molecule is CO[C@@H](C)c1ncc(N2CCN(C3CC3)CC2)cc1-c1c2c3cc(ccc3n1CCOC1CCOCC1)-c1csc(n1)[C@@H](N1CCCC1)[C@H](NC(=O)[C@@H]1[C@@H](C)[C@H]1[C@H]1CCCO1)C(=O)N1CCC[C@H](N1)C(=O)OCC(C)(C)C2. The number of thiazole rings is 1. The Bertz CT molecular complexity index is 2770. The van der Waals surface area contributed by atoms with Gasteiger partial charge in [-0.05, 0) is 120 Å². The van der Waals surface area contributed by atoms with E-state index in [1.807, 2.05) is 6.20 Å². The first-order valence-electron chi connectivity index (χ1n) is 29.2. The molecule has 12 rings (SSSR count). The summed E-state index contributed by atoms with van der Waals surface area (Å²) in [4.78, 5) is 62.6. The van der Waals surface area contributed by atoms with Crippen molar-refractivity contribution in [2.75, 3.05) is 90.9 Å². The van der Waals surface area contributed by atoms with Gasteiger partial charge in [0.15, 0.2) is 0 Å². The van der Waals surface area contributed by atoms with Crippen molar-refractivity contribution in [1.29, 1.82) is 0 Å². The van der Waals surface area contributed by atoms with Crippen molar-refractivity contribution < 1.29 is 38.1 Å². The smallest absolute Gasteiger partial charge is 0.324 e. The van der Waals surface area contributed by atoms with Gasteiger partial charge in [0.2, 0.25) is 5.91 Å². The van der Waals surface area contributed by atoms with Crippen molar-refractivity contribution in [3.8, 4) is 22.5 Å². The average molecular weight is 1080 g/mol. The first-order chi connectivity index (χ1) is 37.4. The summed E-state index contributed by atoms with van der Waals surface area (Å²) in [6.45, 7) is 17.8. The van der Waals surface area contributed by atoms with E-state index in [1.54, 1.807) is 23.5 Å². The molecule has 6 bridgehead atoms. The van der Waals surface area contributed by atoms with Gasteiger partial charge >= 0.3 is 5.97 Å². The summed E-state index contributed by atoms with van der Waals surface area (Å²) in [7, 11) is 1.75. The number of hydrogen-bond acceptors (Lipinski definition) is 15. The number of benzene rings is 1. The molecule has 2 N–H and O–H groups in total. The first-order valence-corrected chi connectivity index (χ1v) is 30.0. The molecule has 7 fully saturated rings. The van der Waals surface area contributed by atoms with Gasteiger partial charge in [0.05, 0.1) is 66.5 Å². The van der Waals surface area contributed by atoms with Crippen molar-refractivity contribution in [1.82, 2.24) is 40.1 Å². The number of esters is 1. The number of nitrogens with one attached hydrogen (secondary N) is 2. The molecule has 77 heavy (non-hydrogen) atoms. The van der Waals surface area contributed by atoms with Crippen molar-refractivity contribution in [2.24, 2.45) is 23.2 Å². The van der Waals surface area contributed by atoms with Gasteiger partial charge in [0.1, 0.15) is 17.1 Å². The fourth-order valence-electron chi connectivity index (χ4n) is 13.7. The number of anilines is 1. The maximum absolute atomic E-state index is 15.3. The molecule has 17 nitrogen and oxygen atoms in total. The molecule has 2 saturated carbocycles. The average Bonchev–Trinajstić information content (AvgIpc) is 4.16. The number of cyclic esters (lactones) is 1. The molecule has 6 aliphatic heterocycles. The highest BCUT2D eigenvalue weighted by atomic mass is 32.1. The van der Waals surface area contributed by atoms with E-state index in [0.717, 1.165) is 146 Å². The number of rotatable bonds is 13. The van der Waals surface area contributed by atoms with Crippen LogP contribution in [-0.4, -0.2) is 163 Å². The van der Waals surface area contributed by atoms with Crippen molar-refractivity contribution in [3.05, 3.63) is 52.1 Å². The number of hydrazine groups is 1. The molecule has 4 aromatic rings. The third-order valence-corrected chi connectivity index (χ3v) is 19.2. The summed E-state index contributed by atoms with van der Waals surface area (Å²) in [5, 5.41) is 8.92. The van der Waals surface area contributed by atoms with Gasteiger partial charge < -0.3 is 38.5 Å². The largest absolute Gasteiger partial charge is 0.464 e. The normalized spacial score (nSPS) is 29.2. The third kappa shape index (κ3) is 11.1. The molecule has 8 atom stereocenters. The number of methoxy groups -OCH3 is 1. The van der Waals surface area contributed by atoms with Crippen molar-refractivity contribution in [2.45, 2.75) is 147 Å². The summed E-state index contributed by atoms with van der Waals surface area (Å²) in [5.74, 6) is -0.752. The lowest BCUT2D eigenvalue weighted by molar-refractivity contribution is -0.156. The quantitative estimate of drug-likeness (QED) is 0.128. The first kappa shape index (κ1) is 53.1. The molecule has 2 aliphatic carbocycles. The van der Waals surface area contributed by atoms with Gasteiger partial charge in [-0.3, -0.25) is 34.2 Å². The number of nitrogens with zero attached hydrogens (tertiary/aromatic N) is 7. The second-order valence-electron chi connectivity index (χ2n) is 24.2. The van der Waals surface area contributed by atoms with E-state index in [1.165, 1.54) is 12.8 Å². The summed E-state index contributed by atoms with van der Waals surface area (Å²) in [6, 6.07) is 7.55. The van der Waals surface area contributed by atoms with Crippen LogP contribution in [0.2, 0.25) is 0 Å². The number of fused-ring (bicyclic) bond motifs is 6. The molecule has 0 unspecified atom stereocenters. The van der Waals surface area contributed by atoms with Crippen LogP contribution in [0.5, 0.6) is 0 Å². The number of carbonyl (C=O) groups excluding carboxylic acids is 3. The lowest BCUT2D eigenvalue weighted by Gasteiger charge is -2.39. The number of aromatic nitrogens is 3. The fraction of sp³-hybridized carbons (Fsp3) is 0.678. The van der Waals surface area contributed by atoms with Crippen LogP contribution < -0.4 is 15.6 Å². The van der Waals surface area contributed by atoms with E-state index in [0.29, 0.717) is 52.2 Å². The summed E-state index contributed by atoms with van der Waals surface area (Å²) < 4.78 is 33.5. The minimum Gasteiger partial charge on any atom is -0.464 e. The maximum Gasteiger partial charge on any atom is 0.324 e. The molecule has 0 radical (unpaired) electrons. The van der Waals surface area contributed by atoms with E-state index in [4.69, 9.17) is 33.7 Å².